The molecule has 3 heterocycles. The van der Waals surface area contributed by atoms with E-state index in [1.165, 1.54) is 0 Å². The van der Waals surface area contributed by atoms with Gasteiger partial charge < -0.3 is 9.64 Å². The van der Waals surface area contributed by atoms with E-state index >= 15 is 0 Å². The summed E-state index contributed by atoms with van der Waals surface area (Å²) in [6, 6.07) is 0. The highest BCUT2D eigenvalue weighted by molar-refractivity contribution is 7.90. The third-order valence-electron chi connectivity index (χ3n) is 4.69. The van der Waals surface area contributed by atoms with Crippen molar-refractivity contribution in [3.05, 3.63) is 18.2 Å². The quantitative estimate of drug-likeness (QED) is 0.784. The van der Waals surface area contributed by atoms with Gasteiger partial charge in [-0.3, -0.25) is 0 Å². The Kier molecular flexibility index (Phi) is 3.73. The van der Waals surface area contributed by atoms with E-state index in [1.807, 2.05) is 4.90 Å². The summed E-state index contributed by atoms with van der Waals surface area (Å²) in [4.78, 5) is 9.93. The molecule has 2 saturated heterocycles. The summed E-state index contributed by atoms with van der Waals surface area (Å²) in [5.74, 6) is 0.0690. The van der Waals surface area contributed by atoms with E-state index in [0.29, 0.717) is 38.7 Å². The summed E-state index contributed by atoms with van der Waals surface area (Å²) in [6.07, 6.45) is 3.78. The Morgan fingerprint density at radius 2 is 1.91 bits per heavy atom. The summed E-state index contributed by atoms with van der Waals surface area (Å²) in [5.41, 5.74) is 0. The van der Waals surface area contributed by atoms with E-state index in [-0.39, 0.29) is 17.3 Å². The Morgan fingerprint density at radius 1 is 1.17 bits per heavy atom. The number of ether oxygens (including phenoxy) is 1. The lowest BCUT2D eigenvalue weighted by Crippen LogP contribution is -2.39. The number of rotatable bonds is 3. The van der Waals surface area contributed by atoms with Crippen molar-refractivity contribution in [1.82, 2.24) is 14.3 Å². The minimum Gasteiger partial charge on any atom is -0.375 e. The fourth-order valence-electron chi connectivity index (χ4n) is 3.30. The molecule has 3 aliphatic rings. The Bertz CT molecular complexity index is 680. The lowest BCUT2D eigenvalue weighted by molar-refractivity contribution is 0.0583. The first-order chi connectivity index (χ1) is 11.0. The fraction of sp³-hybridized carbons (Fsp3) is 0.714. The molecule has 0 radical (unpaired) electrons. The second-order valence-electron chi connectivity index (χ2n) is 6.38. The minimum atomic E-state index is -3.18. The number of anilines is 1. The molecular formula is C14H19FN4O3S. The predicted molar refractivity (Wildman–Crippen MR) is 80.9 cm³/mol. The average Bonchev–Trinajstić information content (AvgIpc) is 3.33. The van der Waals surface area contributed by atoms with E-state index in [4.69, 9.17) is 4.74 Å². The molecule has 1 aromatic heterocycles. The van der Waals surface area contributed by atoms with Crippen LogP contribution in [0.5, 0.6) is 0 Å². The van der Waals surface area contributed by atoms with Crippen LogP contribution in [0.25, 0.3) is 0 Å². The topological polar surface area (TPSA) is 75.6 Å². The molecule has 0 unspecified atom stereocenters. The molecule has 1 aromatic rings. The maximum Gasteiger partial charge on any atom is 0.225 e. The summed E-state index contributed by atoms with van der Waals surface area (Å²) in [7, 11) is -3.18. The number of fused-ring (bicyclic) bond motifs is 1. The van der Waals surface area contributed by atoms with Crippen molar-refractivity contribution >= 4 is 16.0 Å². The van der Waals surface area contributed by atoms with Gasteiger partial charge in [-0.1, -0.05) is 0 Å². The molecule has 0 N–H and O–H groups in total. The van der Waals surface area contributed by atoms with Gasteiger partial charge in [0.15, 0.2) is 5.82 Å². The predicted octanol–water partition coefficient (Wildman–Crippen LogP) is 0.245. The number of nitrogens with zero attached hydrogens (tertiary/aromatic N) is 4. The number of sulfonamides is 1. The van der Waals surface area contributed by atoms with Crippen LogP contribution in [0.1, 0.15) is 12.8 Å². The van der Waals surface area contributed by atoms with Gasteiger partial charge >= 0.3 is 0 Å². The van der Waals surface area contributed by atoms with Crippen molar-refractivity contribution < 1.29 is 17.5 Å². The zero-order valence-corrected chi connectivity index (χ0v) is 13.5. The fourth-order valence-corrected chi connectivity index (χ4v) is 5.19. The summed E-state index contributed by atoms with van der Waals surface area (Å²) in [5, 5.41) is -0.197. The van der Waals surface area contributed by atoms with Crippen LogP contribution in [0, 0.1) is 11.7 Å². The standard InChI is InChI=1S/C14H19FN4O3S/c15-11-5-16-14(17-6-11)18-7-10-8-19(3-4-22-13(10)9-18)23(20,21)12-1-2-12/h5-6,10,12-13H,1-4,7-9H2/t10-,13-/m1/s1. The molecule has 3 fully saturated rings. The van der Waals surface area contributed by atoms with Gasteiger partial charge in [-0.2, -0.15) is 4.31 Å². The monoisotopic (exact) mass is 342 g/mol. The van der Waals surface area contributed by atoms with Crippen LogP contribution in [0.2, 0.25) is 0 Å². The smallest absolute Gasteiger partial charge is 0.225 e. The van der Waals surface area contributed by atoms with Crippen LogP contribution in [0.15, 0.2) is 12.4 Å². The zero-order chi connectivity index (χ0) is 16.0. The van der Waals surface area contributed by atoms with Gasteiger partial charge in [0.25, 0.3) is 0 Å². The number of halogens is 1. The molecule has 9 heteroatoms. The van der Waals surface area contributed by atoms with E-state index in [1.54, 1.807) is 4.31 Å². The molecule has 2 aliphatic heterocycles. The third kappa shape index (κ3) is 2.92. The van der Waals surface area contributed by atoms with E-state index < -0.39 is 15.8 Å². The van der Waals surface area contributed by atoms with Crippen LogP contribution in [0.3, 0.4) is 0 Å². The maximum absolute atomic E-state index is 12.9. The van der Waals surface area contributed by atoms with Crippen molar-refractivity contribution in [3.63, 3.8) is 0 Å². The highest BCUT2D eigenvalue weighted by Crippen LogP contribution is 2.34. The highest BCUT2D eigenvalue weighted by atomic mass is 32.2. The van der Waals surface area contributed by atoms with Crippen molar-refractivity contribution in [1.29, 1.82) is 0 Å². The van der Waals surface area contributed by atoms with E-state index in [9.17, 15) is 12.8 Å². The van der Waals surface area contributed by atoms with Crippen LogP contribution >= 0.6 is 0 Å². The zero-order valence-electron chi connectivity index (χ0n) is 12.6. The van der Waals surface area contributed by atoms with Gasteiger partial charge in [0, 0.05) is 32.1 Å². The molecule has 2 atom stereocenters. The van der Waals surface area contributed by atoms with Crippen LogP contribution in [-0.2, 0) is 14.8 Å². The summed E-state index contributed by atoms with van der Waals surface area (Å²) in [6.45, 7) is 2.53. The number of hydrogen-bond donors (Lipinski definition) is 0. The maximum atomic E-state index is 12.9. The molecule has 7 nitrogen and oxygen atoms in total. The van der Waals surface area contributed by atoms with Crippen molar-refractivity contribution in [2.45, 2.75) is 24.2 Å². The van der Waals surface area contributed by atoms with E-state index in [2.05, 4.69) is 9.97 Å². The Hall–Kier alpha value is -1.32. The van der Waals surface area contributed by atoms with Crippen molar-refractivity contribution in [3.8, 4) is 0 Å². The number of aromatic nitrogens is 2. The summed E-state index contributed by atoms with van der Waals surface area (Å²) < 4.78 is 45.3. The van der Waals surface area contributed by atoms with Crippen molar-refractivity contribution in [2.24, 2.45) is 5.92 Å². The van der Waals surface area contributed by atoms with Gasteiger partial charge in [-0.15, -0.1) is 0 Å². The summed E-state index contributed by atoms with van der Waals surface area (Å²) >= 11 is 0. The molecule has 0 amide bonds. The SMILES string of the molecule is O=S(=O)(C1CC1)N1CCO[C@@H]2CN(c3ncc(F)cn3)C[C@@H]2C1. The molecular weight excluding hydrogens is 323 g/mol. The van der Waals surface area contributed by atoms with Crippen molar-refractivity contribution in [2.75, 3.05) is 37.7 Å². The molecule has 0 aromatic carbocycles. The first kappa shape index (κ1) is 15.2. The van der Waals surface area contributed by atoms with Crippen LogP contribution < -0.4 is 4.90 Å². The van der Waals surface area contributed by atoms with Gasteiger partial charge in [-0.05, 0) is 12.8 Å². The first-order valence-corrected chi connectivity index (χ1v) is 9.37. The Morgan fingerprint density at radius 3 is 2.61 bits per heavy atom. The minimum absolute atomic E-state index is 0.0388. The molecule has 1 saturated carbocycles. The second kappa shape index (κ2) is 5.64. The first-order valence-electron chi connectivity index (χ1n) is 7.87. The lowest BCUT2D eigenvalue weighted by atomic mass is 10.1. The second-order valence-corrected chi connectivity index (χ2v) is 8.59. The highest BCUT2D eigenvalue weighted by Gasteiger charge is 2.44. The van der Waals surface area contributed by atoms with Gasteiger partial charge in [-0.25, -0.2) is 22.8 Å². The number of hydrogen-bond acceptors (Lipinski definition) is 6. The van der Waals surface area contributed by atoms with E-state index in [0.717, 1.165) is 25.2 Å². The molecule has 1 aliphatic carbocycles. The van der Waals surface area contributed by atoms with Crippen LogP contribution in [0.4, 0.5) is 10.3 Å². The third-order valence-corrected chi connectivity index (χ3v) is 7.05. The largest absolute Gasteiger partial charge is 0.375 e. The lowest BCUT2D eigenvalue weighted by Gasteiger charge is -2.23. The molecule has 126 valence electrons. The molecule has 23 heavy (non-hydrogen) atoms. The van der Waals surface area contributed by atoms with Gasteiger partial charge in [0.05, 0.1) is 30.4 Å². The average molecular weight is 342 g/mol. The Balaban J connectivity index is 1.49. The molecule has 0 bridgehead atoms. The normalized spacial score (nSPS) is 29.3. The Labute approximate surface area is 134 Å². The van der Waals surface area contributed by atoms with Gasteiger partial charge in [0.1, 0.15) is 0 Å². The molecule has 4 rings (SSSR count). The van der Waals surface area contributed by atoms with Crippen LogP contribution in [-0.4, -0.2) is 66.8 Å². The van der Waals surface area contributed by atoms with Gasteiger partial charge in [0.2, 0.25) is 16.0 Å². The molecule has 0 spiro atoms.